The normalized spacial score (nSPS) is 20.9. The van der Waals surface area contributed by atoms with Crippen molar-refractivity contribution in [2.45, 2.75) is 52.2 Å². The van der Waals surface area contributed by atoms with E-state index in [0.29, 0.717) is 0 Å². The quantitative estimate of drug-likeness (QED) is 0.834. The van der Waals surface area contributed by atoms with Gasteiger partial charge < -0.3 is 15.4 Å². The second kappa shape index (κ2) is 7.81. The Bertz CT molecular complexity index is 416. The van der Waals surface area contributed by atoms with Crippen LogP contribution in [0.5, 0.6) is 5.75 Å². The first-order valence-corrected chi connectivity index (χ1v) is 8.33. The fraction of sp³-hybridized carbons (Fsp3) is 0.667. The van der Waals surface area contributed by atoms with E-state index in [9.17, 15) is 0 Å². The highest BCUT2D eigenvalue weighted by molar-refractivity contribution is 5.29. The highest BCUT2D eigenvalue weighted by Gasteiger charge is 2.23. The van der Waals surface area contributed by atoms with Crippen molar-refractivity contribution in [3.05, 3.63) is 29.8 Å². The Hall–Kier alpha value is -1.06. The minimum absolute atomic E-state index is 0.0958. The lowest BCUT2D eigenvalue weighted by Gasteiger charge is -2.21. The number of hydrogen-bond acceptors (Lipinski definition) is 3. The molecule has 3 nitrogen and oxygen atoms in total. The molecule has 1 heterocycles. The number of nitrogens with two attached hydrogens (primary N) is 1. The van der Waals surface area contributed by atoms with Gasteiger partial charge in [-0.25, -0.2) is 0 Å². The molecule has 1 aromatic rings. The topological polar surface area (TPSA) is 38.5 Å². The molecule has 2 atom stereocenters. The lowest BCUT2D eigenvalue weighted by atomic mass is 10.0. The van der Waals surface area contributed by atoms with Crippen LogP contribution in [0.4, 0.5) is 0 Å². The van der Waals surface area contributed by atoms with Gasteiger partial charge >= 0.3 is 0 Å². The van der Waals surface area contributed by atoms with Crippen molar-refractivity contribution in [3.8, 4) is 5.75 Å². The third-order valence-electron chi connectivity index (χ3n) is 4.20. The molecule has 21 heavy (non-hydrogen) atoms. The molecule has 118 valence electrons. The highest BCUT2D eigenvalue weighted by atomic mass is 16.5. The lowest BCUT2D eigenvalue weighted by molar-refractivity contribution is 0.242. The molecule has 0 saturated carbocycles. The van der Waals surface area contributed by atoms with Crippen LogP contribution in [0.25, 0.3) is 0 Å². The van der Waals surface area contributed by atoms with E-state index in [-0.39, 0.29) is 12.1 Å². The number of rotatable bonds is 7. The predicted molar refractivity (Wildman–Crippen MR) is 88.6 cm³/mol. The first-order valence-electron chi connectivity index (χ1n) is 8.33. The van der Waals surface area contributed by atoms with E-state index >= 15 is 0 Å². The molecule has 1 aromatic carbocycles. The fourth-order valence-electron chi connectivity index (χ4n) is 3.17. The minimum atomic E-state index is 0.0958. The van der Waals surface area contributed by atoms with E-state index in [2.05, 4.69) is 24.0 Å². The third-order valence-corrected chi connectivity index (χ3v) is 4.20. The Morgan fingerprint density at radius 3 is 2.62 bits per heavy atom. The molecular formula is C18H30N2O. The van der Waals surface area contributed by atoms with Gasteiger partial charge in [0.2, 0.25) is 0 Å². The van der Waals surface area contributed by atoms with Gasteiger partial charge in [-0.15, -0.1) is 0 Å². The van der Waals surface area contributed by atoms with Crippen LogP contribution in [0.2, 0.25) is 0 Å². The van der Waals surface area contributed by atoms with E-state index in [0.717, 1.165) is 18.2 Å². The molecule has 2 N–H and O–H groups in total. The molecule has 1 fully saturated rings. The fourth-order valence-corrected chi connectivity index (χ4v) is 3.17. The SMILES string of the molecule is CCCC1CCN(CC(N)c2ccc(OC(C)C)cc2)C1. The number of likely N-dealkylation sites (tertiary alicyclic amines) is 1. The van der Waals surface area contributed by atoms with Gasteiger partial charge in [0.1, 0.15) is 5.75 Å². The molecule has 1 aliphatic rings. The Morgan fingerprint density at radius 2 is 2.00 bits per heavy atom. The number of hydrogen-bond donors (Lipinski definition) is 1. The molecule has 2 unspecified atom stereocenters. The maximum Gasteiger partial charge on any atom is 0.119 e. The molecule has 0 bridgehead atoms. The van der Waals surface area contributed by atoms with Gasteiger partial charge in [0, 0.05) is 19.1 Å². The van der Waals surface area contributed by atoms with Crippen LogP contribution in [0.3, 0.4) is 0 Å². The summed E-state index contributed by atoms with van der Waals surface area (Å²) in [6.07, 6.45) is 4.20. The lowest BCUT2D eigenvalue weighted by Crippen LogP contribution is -2.30. The van der Waals surface area contributed by atoms with Crippen LogP contribution < -0.4 is 10.5 Å². The molecule has 2 rings (SSSR count). The van der Waals surface area contributed by atoms with Crippen molar-refractivity contribution in [2.75, 3.05) is 19.6 Å². The van der Waals surface area contributed by atoms with Gasteiger partial charge in [-0.2, -0.15) is 0 Å². The zero-order valence-electron chi connectivity index (χ0n) is 13.7. The van der Waals surface area contributed by atoms with Gasteiger partial charge in [-0.1, -0.05) is 25.5 Å². The average Bonchev–Trinajstić information content (AvgIpc) is 2.86. The Kier molecular flexibility index (Phi) is 6.07. The summed E-state index contributed by atoms with van der Waals surface area (Å²) in [7, 11) is 0. The van der Waals surface area contributed by atoms with Crippen LogP contribution in [0.15, 0.2) is 24.3 Å². The van der Waals surface area contributed by atoms with Crippen LogP contribution in [0, 0.1) is 5.92 Å². The summed E-state index contributed by atoms with van der Waals surface area (Å²) in [5.74, 6) is 1.80. The van der Waals surface area contributed by atoms with Crippen molar-refractivity contribution in [2.24, 2.45) is 11.7 Å². The van der Waals surface area contributed by atoms with E-state index < -0.39 is 0 Å². The molecule has 0 spiro atoms. The molecule has 0 amide bonds. The first-order chi connectivity index (χ1) is 10.1. The summed E-state index contributed by atoms with van der Waals surface area (Å²) in [6, 6.07) is 8.35. The molecule has 1 saturated heterocycles. The number of ether oxygens (including phenoxy) is 1. The van der Waals surface area contributed by atoms with Crippen LogP contribution >= 0.6 is 0 Å². The first kappa shape index (κ1) is 16.3. The van der Waals surface area contributed by atoms with Gasteiger partial charge in [-0.05, 0) is 56.8 Å². The monoisotopic (exact) mass is 290 g/mol. The summed E-state index contributed by atoms with van der Waals surface area (Å²) < 4.78 is 5.67. The Morgan fingerprint density at radius 1 is 1.29 bits per heavy atom. The maximum absolute atomic E-state index is 6.36. The summed E-state index contributed by atoms with van der Waals surface area (Å²) in [4.78, 5) is 2.52. The van der Waals surface area contributed by atoms with E-state index in [1.54, 1.807) is 0 Å². The Labute approximate surface area is 129 Å². The predicted octanol–water partition coefficient (Wildman–Crippen LogP) is 3.60. The molecule has 1 aliphatic heterocycles. The zero-order chi connectivity index (χ0) is 15.2. The summed E-state index contributed by atoms with van der Waals surface area (Å²) in [6.45, 7) is 9.74. The van der Waals surface area contributed by atoms with Crippen molar-refractivity contribution in [3.63, 3.8) is 0 Å². The summed E-state index contributed by atoms with van der Waals surface area (Å²) >= 11 is 0. The van der Waals surface area contributed by atoms with Crippen LogP contribution in [0.1, 0.15) is 51.6 Å². The molecule has 0 aromatic heterocycles. The van der Waals surface area contributed by atoms with Crippen molar-refractivity contribution >= 4 is 0 Å². The molecule has 3 heteroatoms. The van der Waals surface area contributed by atoms with E-state index in [1.165, 1.54) is 37.9 Å². The highest BCUT2D eigenvalue weighted by Crippen LogP contribution is 2.24. The van der Waals surface area contributed by atoms with Crippen molar-refractivity contribution < 1.29 is 4.74 Å². The minimum Gasteiger partial charge on any atom is -0.491 e. The summed E-state index contributed by atoms with van der Waals surface area (Å²) in [5.41, 5.74) is 7.56. The summed E-state index contributed by atoms with van der Waals surface area (Å²) in [5, 5.41) is 0. The largest absolute Gasteiger partial charge is 0.491 e. The number of nitrogens with zero attached hydrogens (tertiary/aromatic N) is 1. The van der Waals surface area contributed by atoms with Crippen molar-refractivity contribution in [1.29, 1.82) is 0 Å². The van der Waals surface area contributed by atoms with Gasteiger partial charge in [0.25, 0.3) is 0 Å². The van der Waals surface area contributed by atoms with Gasteiger partial charge in [0.15, 0.2) is 0 Å². The zero-order valence-corrected chi connectivity index (χ0v) is 13.7. The van der Waals surface area contributed by atoms with Crippen molar-refractivity contribution in [1.82, 2.24) is 4.90 Å². The molecular weight excluding hydrogens is 260 g/mol. The Balaban J connectivity index is 1.84. The standard InChI is InChI=1S/C18H30N2O/c1-4-5-15-10-11-20(12-15)13-18(19)16-6-8-17(9-7-16)21-14(2)3/h6-9,14-15,18H,4-5,10-13,19H2,1-3H3. The number of benzene rings is 1. The second-order valence-electron chi connectivity index (χ2n) is 6.55. The average molecular weight is 290 g/mol. The molecule has 0 aliphatic carbocycles. The maximum atomic E-state index is 6.36. The van der Waals surface area contributed by atoms with Crippen LogP contribution in [-0.2, 0) is 0 Å². The van der Waals surface area contributed by atoms with Crippen LogP contribution in [-0.4, -0.2) is 30.6 Å². The van der Waals surface area contributed by atoms with E-state index in [1.807, 2.05) is 26.0 Å². The van der Waals surface area contributed by atoms with Gasteiger partial charge in [-0.3, -0.25) is 0 Å². The molecule has 0 radical (unpaired) electrons. The third kappa shape index (κ3) is 5.01. The smallest absolute Gasteiger partial charge is 0.119 e. The van der Waals surface area contributed by atoms with E-state index in [4.69, 9.17) is 10.5 Å². The van der Waals surface area contributed by atoms with Gasteiger partial charge in [0.05, 0.1) is 6.10 Å². The second-order valence-corrected chi connectivity index (χ2v) is 6.55.